The van der Waals surface area contributed by atoms with Gasteiger partial charge in [-0.25, -0.2) is 0 Å². The molecule has 0 atom stereocenters. The molecule has 2 rings (SSSR count). The van der Waals surface area contributed by atoms with Gasteiger partial charge >= 0.3 is 0 Å². The predicted molar refractivity (Wildman–Crippen MR) is 67.8 cm³/mol. The average Bonchev–Trinajstić information content (AvgIpc) is 2.76. The van der Waals surface area contributed by atoms with Crippen LogP contribution in [0.3, 0.4) is 0 Å². The Kier molecular flexibility index (Phi) is 4.16. The minimum atomic E-state index is 0.657. The maximum atomic E-state index is 5.55. The van der Waals surface area contributed by atoms with Crippen molar-refractivity contribution in [3.05, 3.63) is 48.2 Å². The van der Waals surface area contributed by atoms with E-state index in [0.29, 0.717) is 13.2 Å². The molecule has 0 saturated carbocycles. The fourth-order valence-corrected chi connectivity index (χ4v) is 1.52. The van der Waals surface area contributed by atoms with Crippen molar-refractivity contribution >= 4 is 5.82 Å². The van der Waals surface area contributed by atoms with Crippen molar-refractivity contribution in [3.8, 4) is 0 Å². The van der Waals surface area contributed by atoms with Crippen LogP contribution in [0, 0.1) is 0 Å². The SMILES string of the molecule is Cn1ccc(NCCOCc2ccccc2)n1. The number of hydrogen-bond acceptors (Lipinski definition) is 3. The van der Waals surface area contributed by atoms with Crippen LogP contribution in [-0.4, -0.2) is 22.9 Å². The second-order valence-corrected chi connectivity index (χ2v) is 3.84. The predicted octanol–water partition coefficient (Wildman–Crippen LogP) is 2.05. The summed E-state index contributed by atoms with van der Waals surface area (Å²) in [6.07, 6.45) is 1.91. The van der Waals surface area contributed by atoms with E-state index in [0.717, 1.165) is 12.4 Å². The van der Waals surface area contributed by atoms with E-state index in [1.54, 1.807) is 4.68 Å². The van der Waals surface area contributed by atoms with Gasteiger partial charge in [0.25, 0.3) is 0 Å². The van der Waals surface area contributed by atoms with E-state index in [2.05, 4.69) is 22.5 Å². The average molecular weight is 231 g/mol. The van der Waals surface area contributed by atoms with Crippen molar-refractivity contribution in [3.63, 3.8) is 0 Å². The summed E-state index contributed by atoms with van der Waals surface area (Å²) in [7, 11) is 1.90. The molecule has 0 aliphatic heterocycles. The Morgan fingerprint density at radius 2 is 2.06 bits per heavy atom. The molecule has 0 amide bonds. The van der Waals surface area contributed by atoms with E-state index < -0.39 is 0 Å². The number of benzene rings is 1. The van der Waals surface area contributed by atoms with Crippen molar-refractivity contribution in [2.75, 3.05) is 18.5 Å². The molecule has 0 saturated heterocycles. The molecule has 1 heterocycles. The first kappa shape index (κ1) is 11.7. The molecule has 4 nitrogen and oxygen atoms in total. The van der Waals surface area contributed by atoms with Crippen LogP contribution in [0.25, 0.3) is 0 Å². The maximum absolute atomic E-state index is 5.55. The molecular formula is C13H17N3O. The van der Waals surface area contributed by atoms with Crippen LogP contribution in [0.1, 0.15) is 5.56 Å². The quantitative estimate of drug-likeness (QED) is 0.773. The van der Waals surface area contributed by atoms with Crippen LogP contribution in [0.15, 0.2) is 42.6 Å². The fraction of sp³-hybridized carbons (Fsp3) is 0.308. The van der Waals surface area contributed by atoms with Gasteiger partial charge in [0, 0.05) is 25.9 Å². The standard InChI is InChI=1S/C13H17N3O/c1-16-9-7-13(15-16)14-8-10-17-11-12-5-3-2-4-6-12/h2-7,9H,8,10-11H2,1H3,(H,14,15). The van der Waals surface area contributed by atoms with Crippen LogP contribution in [0.2, 0.25) is 0 Å². The van der Waals surface area contributed by atoms with Gasteiger partial charge in [-0.15, -0.1) is 0 Å². The second-order valence-electron chi connectivity index (χ2n) is 3.84. The zero-order valence-electron chi connectivity index (χ0n) is 9.97. The molecule has 0 spiro atoms. The summed E-state index contributed by atoms with van der Waals surface area (Å²) in [4.78, 5) is 0. The zero-order valence-corrected chi connectivity index (χ0v) is 9.97. The van der Waals surface area contributed by atoms with Crippen molar-refractivity contribution < 1.29 is 4.74 Å². The van der Waals surface area contributed by atoms with Crippen LogP contribution in [-0.2, 0) is 18.4 Å². The number of aromatic nitrogens is 2. The molecule has 4 heteroatoms. The third kappa shape index (κ3) is 3.92. The zero-order chi connectivity index (χ0) is 11.9. The number of nitrogens with one attached hydrogen (secondary N) is 1. The number of aryl methyl sites for hydroxylation is 1. The summed E-state index contributed by atoms with van der Waals surface area (Å²) in [5, 5.41) is 7.41. The van der Waals surface area contributed by atoms with Gasteiger partial charge in [0.15, 0.2) is 0 Å². The van der Waals surface area contributed by atoms with Gasteiger partial charge in [0.05, 0.1) is 13.2 Å². The highest BCUT2D eigenvalue weighted by Crippen LogP contribution is 2.01. The molecule has 1 aromatic carbocycles. The lowest BCUT2D eigenvalue weighted by Crippen LogP contribution is -2.09. The van der Waals surface area contributed by atoms with Crippen molar-refractivity contribution in [1.82, 2.24) is 9.78 Å². The van der Waals surface area contributed by atoms with Gasteiger partial charge in [-0.3, -0.25) is 4.68 Å². The molecule has 17 heavy (non-hydrogen) atoms. The molecule has 0 unspecified atom stereocenters. The lowest BCUT2D eigenvalue weighted by atomic mass is 10.2. The Morgan fingerprint density at radius 3 is 2.76 bits per heavy atom. The molecule has 2 aromatic rings. The lowest BCUT2D eigenvalue weighted by molar-refractivity contribution is 0.130. The Labute approximate surface area is 101 Å². The second kappa shape index (κ2) is 6.06. The van der Waals surface area contributed by atoms with E-state index in [1.165, 1.54) is 5.56 Å². The number of ether oxygens (including phenoxy) is 1. The first-order chi connectivity index (χ1) is 8.34. The number of nitrogens with zero attached hydrogens (tertiary/aromatic N) is 2. The highest BCUT2D eigenvalue weighted by Gasteiger charge is 1.95. The molecule has 90 valence electrons. The van der Waals surface area contributed by atoms with E-state index >= 15 is 0 Å². The molecular weight excluding hydrogens is 214 g/mol. The summed E-state index contributed by atoms with van der Waals surface area (Å²) in [5.41, 5.74) is 1.20. The smallest absolute Gasteiger partial charge is 0.148 e. The molecule has 0 fully saturated rings. The van der Waals surface area contributed by atoms with Gasteiger partial charge in [-0.1, -0.05) is 30.3 Å². The Balaban J connectivity index is 1.61. The lowest BCUT2D eigenvalue weighted by Gasteiger charge is -2.05. The Hall–Kier alpha value is -1.81. The maximum Gasteiger partial charge on any atom is 0.148 e. The van der Waals surface area contributed by atoms with Crippen molar-refractivity contribution in [2.45, 2.75) is 6.61 Å². The summed E-state index contributed by atoms with van der Waals surface area (Å²) in [6, 6.07) is 12.1. The first-order valence-electron chi connectivity index (χ1n) is 5.70. The third-order valence-electron chi connectivity index (χ3n) is 2.38. The topological polar surface area (TPSA) is 39.1 Å². The van der Waals surface area contributed by atoms with Gasteiger partial charge in [0.1, 0.15) is 5.82 Å². The first-order valence-corrected chi connectivity index (χ1v) is 5.70. The van der Waals surface area contributed by atoms with Gasteiger partial charge in [-0.2, -0.15) is 5.10 Å². The number of rotatable bonds is 6. The largest absolute Gasteiger partial charge is 0.375 e. The van der Waals surface area contributed by atoms with E-state index in [9.17, 15) is 0 Å². The van der Waals surface area contributed by atoms with Crippen LogP contribution in [0.4, 0.5) is 5.82 Å². The summed E-state index contributed by atoms with van der Waals surface area (Å²) in [6.45, 7) is 2.10. The van der Waals surface area contributed by atoms with Crippen molar-refractivity contribution in [2.24, 2.45) is 7.05 Å². The molecule has 0 radical (unpaired) electrons. The molecule has 1 aromatic heterocycles. The monoisotopic (exact) mass is 231 g/mol. The molecule has 0 aliphatic carbocycles. The van der Waals surface area contributed by atoms with Gasteiger partial charge in [-0.05, 0) is 5.56 Å². The van der Waals surface area contributed by atoms with Gasteiger partial charge < -0.3 is 10.1 Å². The van der Waals surface area contributed by atoms with E-state index in [-0.39, 0.29) is 0 Å². The number of hydrogen-bond donors (Lipinski definition) is 1. The Morgan fingerprint density at radius 1 is 1.24 bits per heavy atom. The summed E-state index contributed by atoms with van der Waals surface area (Å²) < 4.78 is 7.32. The minimum absolute atomic E-state index is 0.657. The highest BCUT2D eigenvalue weighted by atomic mass is 16.5. The van der Waals surface area contributed by atoms with Crippen LogP contribution >= 0.6 is 0 Å². The molecule has 0 bridgehead atoms. The fourth-order valence-electron chi connectivity index (χ4n) is 1.52. The minimum Gasteiger partial charge on any atom is -0.375 e. The number of anilines is 1. The highest BCUT2D eigenvalue weighted by molar-refractivity contribution is 5.31. The van der Waals surface area contributed by atoms with Gasteiger partial charge in [0.2, 0.25) is 0 Å². The summed E-state index contributed by atoms with van der Waals surface area (Å²) >= 11 is 0. The van der Waals surface area contributed by atoms with E-state index in [1.807, 2.05) is 37.5 Å². The molecule has 0 aliphatic rings. The van der Waals surface area contributed by atoms with Crippen molar-refractivity contribution in [1.29, 1.82) is 0 Å². The normalized spacial score (nSPS) is 10.4. The van der Waals surface area contributed by atoms with Crippen LogP contribution in [0.5, 0.6) is 0 Å². The van der Waals surface area contributed by atoms with E-state index in [4.69, 9.17) is 4.74 Å². The third-order valence-corrected chi connectivity index (χ3v) is 2.38. The van der Waals surface area contributed by atoms with Crippen LogP contribution < -0.4 is 5.32 Å². The Bertz CT molecular complexity index is 439. The molecule has 1 N–H and O–H groups in total. The summed E-state index contributed by atoms with van der Waals surface area (Å²) in [5.74, 6) is 0.885.